The molecule has 0 aliphatic heterocycles. The predicted octanol–water partition coefficient (Wildman–Crippen LogP) is 3.68. The molecule has 0 fully saturated rings. The topological polar surface area (TPSA) is 35.5 Å². The summed E-state index contributed by atoms with van der Waals surface area (Å²) in [4.78, 5) is 11.5. The van der Waals surface area contributed by atoms with Crippen molar-refractivity contribution in [2.24, 2.45) is 0 Å². The van der Waals surface area contributed by atoms with Crippen LogP contribution in [0.1, 0.15) is 17.3 Å². The second kappa shape index (κ2) is 6.19. The van der Waals surface area contributed by atoms with Crippen molar-refractivity contribution < 1.29 is 18.7 Å². The quantitative estimate of drug-likeness (QED) is 0.798. The van der Waals surface area contributed by atoms with E-state index in [4.69, 9.17) is 4.74 Å². The van der Waals surface area contributed by atoms with Crippen molar-refractivity contribution in [2.75, 3.05) is 13.7 Å². The zero-order valence-corrected chi connectivity index (χ0v) is 11.4. The molecule has 0 amide bonds. The van der Waals surface area contributed by atoms with Crippen molar-refractivity contribution in [3.63, 3.8) is 0 Å². The van der Waals surface area contributed by atoms with Crippen LogP contribution in [-0.4, -0.2) is 19.7 Å². The van der Waals surface area contributed by atoms with E-state index < -0.39 is 11.8 Å². The molecule has 0 spiro atoms. The fourth-order valence-corrected chi connectivity index (χ4v) is 1.92. The standard InChI is InChI=1S/C16H15FO3/c1-3-20-15-6-4-5-11(10-15)12-7-13(16(18)19-2)9-14(17)8-12/h4-10H,3H2,1-2H3. The van der Waals surface area contributed by atoms with E-state index in [1.165, 1.54) is 13.2 Å². The maximum Gasteiger partial charge on any atom is 0.337 e. The van der Waals surface area contributed by atoms with Gasteiger partial charge in [0.15, 0.2) is 0 Å². The molecule has 2 aromatic carbocycles. The SMILES string of the molecule is CCOc1cccc(-c2cc(F)cc(C(=O)OC)c2)c1. The minimum absolute atomic E-state index is 0.185. The molecule has 2 aromatic rings. The molecule has 4 heteroatoms. The molecule has 20 heavy (non-hydrogen) atoms. The van der Waals surface area contributed by atoms with E-state index >= 15 is 0 Å². The van der Waals surface area contributed by atoms with Gasteiger partial charge in [0.2, 0.25) is 0 Å². The van der Waals surface area contributed by atoms with E-state index in [0.717, 1.165) is 11.6 Å². The van der Waals surface area contributed by atoms with Gasteiger partial charge in [-0.3, -0.25) is 0 Å². The van der Waals surface area contributed by atoms with Crippen LogP contribution in [0.4, 0.5) is 4.39 Å². The summed E-state index contributed by atoms with van der Waals surface area (Å²) in [7, 11) is 1.27. The Labute approximate surface area is 117 Å². The summed E-state index contributed by atoms with van der Waals surface area (Å²) < 4.78 is 23.6. The first-order valence-corrected chi connectivity index (χ1v) is 6.26. The number of carbonyl (C=O) groups is 1. The maximum atomic E-state index is 13.6. The van der Waals surface area contributed by atoms with Crippen LogP contribution in [-0.2, 0) is 4.74 Å². The number of hydrogen-bond acceptors (Lipinski definition) is 3. The first-order chi connectivity index (χ1) is 9.63. The average molecular weight is 274 g/mol. The Morgan fingerprint density at radius 1 is 1.15 bits per heavy atom. The van der Waals surface area contributed by atoms with Gasteiger partial charge < -0.3 is 9.47 Å². The molecule has 0 bridgehead atoms. The van der Waals surface area contributed by atoms with Crippen molar-refractivity contribution in [3.8, 4) is 16.9 Å². The fraction of sp³-hybridized carbons (Fsp3) is 0.188. The van der Waals surface area contributed by atoms with E-state index in [1.807, 2.05) is 25.1 Å². The lowest BCUT2D eigenvalue weighted by atomic mass is 10.0. The third kappa shape index (κ3) is 3.15. The summed E-state index contributed by atoms with van der Waals surface area (Å²) >= 11 is 0. The van der Waals surface area contributed by atoms with Crippen LogP contribution >= 0.6 is 0 Å². The van der Waals surface area contributed by atoms with E-state index in [0.29, 0.717) is 17.9 Å². The van der Waals surface area contributed by atoms with Gasteiger partial charge in [0.05, 0.1) is 19.3 Å². The molecule has 0 radical (unpaired) electrons. The minimum Gasteiger partial charge on any atom is -0.494 e. The van der Waals surface area contributed by atoms with Gasteiger partial charge in [-0.1, -0.05) is 12.1 Å². The van der Waals surface area contributed by atoms with Gasteiger partial charge in [-0.05, 0) is 48.4 Å². The Bertz CT molecular complexity index is 623. The highest BCUT2D eigenvalue weighted by atomic mass is 19.1. The lowest BCUT2D eigenvalue weighted by molar-refractivity contribution is 0.0600. The number of methoxy groups -OCH3 is 1. The highest BCUT2D eigenvalue weighted by molar-refractivity contribution is 5.91. The summed E-state index contributed by atoms with van der Waals surface area (Å²) in [6.07, 6.45) is 0. The molecular formula is C16H15FO3. The monoisotopic (exact) mass is 274 g/mol. The van der Waals surface area contributed by atoms with E-state index in [2.05, 4.69) is 4.74 Å². The number of ether oxygens (including phenoxy) is 2. The normalized spacial score (nSPS) is 10.2. The second-order valence-electron chi connectivity index (χ2n) is 4.18. The van der Waals surface area contributed by atoms with Crippen LogP contribution in [0.5, 0.6) is 5.75 Å². The fourth-order valence-electron chi connectivity index (χ4n) is 1.92. The van der Waals surface area contributed by atoms with E-state index in [1.54, 1.807) is 12.1 Å². The Morgan fingerprint density at radius 2 is 1.95 bits per heavy atom. The average Bonchev–Trinajstić information content (AvgIpc) is 2.46. The van der Waals surface area contributed by atoms with Crippen LogP contribution in [0.25, 0.3) is 11.1 Å². The molecule has 2 rings (SSSR count). The zero-order chi connectivity index (χ0) is 14.5. The van der Waals surface area contributed by atoms with Crippen LogP contribution in [0.15, 0.2) is 42.5 Å². The maximum absolute atomic E-state index is 13.6. The summed E-state index contributed by atoms with van der Waals surface area (Å²) in [5.41, 5.74) is 1.57. The highest BCUT2D eigenvalue weighted by Gasteiger charge is 2.10. The van der Waals surface area contributed by atoms with Crippen molar-refractivity contribution in [1.82, 2.24) is 0 Å². The van der Waals surface area contributed by atoms with E-state index in [9.17, 15) is 9.18 Å². The first-order valence-electron chi connectivity index (χ1n) is 6.26. The van der Waals surface area contributed by atoms with E-state index in [-0.39, 0.29) is 5.56 Å². The third-order valence-electron chi connectivity index (χ3n) is 2.80. The summed E-state index contributed by atoms with van der Waals surface area (Å²) in [6.45, 7) is 2.45. The third-order valence-corrected chi connectivity index (χ3v) is 2.80. The summed E-state index contributed by atoms with van der Waals surface area (Å²) in [6, 6.07) is 11.4. The van der Waals surface area contributed by atoms with Crippen molar-refractivity contribution in [3.05, 3.63) is 53.8 Å². The van der Waals surface area contributed by atoms with Crippen molar-refractivity contribution in [2.45, 2.75) is 6.92 Å². The van der Waals surface area contributed by atoms with Crippen molar-refractivity contribution in [1.29, 1.82) is 0 Å². The number of rotatable bonds is 4. The Kier molecular flexibility index (Phi) is 4.35. The smallest absolute Gasteiger partial charge is 0.337 e. The van der Waals surface area contributed by atoms with Crippen molar-refractivity contribution >= 4 is 5.97 Å². The number of esters is 1. The molecule has 0 saturated heterocycles. The molecular weight excluding hydrogens is 259 g/mol. The Balaban J connectivity index is 2.44. The lowest BCUT2D eigenvalue weighted by Crippen LogP contribution is -2.02. The number of halogens is 1. The molecule has 0 aliphatic carbocycles. The van der Waals surface area contributed by atoms with Crippen LogP contribution in [0, 0.1) is 5.82 Å². The van der Waals surface area contributed by atoms with Crippen LogP contribution < -0.4 is 4.74 Å². The first kappa shape index (κ1) is 14.1. The van der Waals surface area contributed by atoms with Gasteiger partial charge in [0.25, 0.3) is 0 Å². The molecule has 0 unspecified atom stereocenters. The van der Waals surface area contributed by atoms with Gasteiger partial charge in [-0.25, -0.2) is 9.18 Å². The molecule has 3 nitrogen and oxygen atoms in total. The Morgan fingerprint density at radius 3 is 2.65 bits per heavy atom. The minimum atomic E-state index is -0.563. The molecule has 0 heterocycles. The van der Waals surface area contributed by atoms with Crippen LogP contribution in [0.3, 0.4) is 0 Å². The second-order valence-corrected chi connectivity index (χ2v) is 4.18. The zero-order valence-electron chi connectivity index (χ0n) is 11.4. The highest BCUT2D eigenvalue weighted by Crippen LogP contribution is 2.26. The molecule has 104 valence electrons. The number of carbonyl (C=O) groups excluding carboxylic acids is 1. The Hall–Kier alpha value is -2.36. The van der Waals surface area contributed by atoms with Gasteiger partial charge in [0, 0.05) is 0 Å². The van der Waals surface area contributed by atoms with Gasteiger partial charge in [0.1, 0.15) is 11.6 Å². The van der Waals surface area contributed by atoms with Gasteiger partial charge >= 0.3 is 5.97 Å². The largest absolute Gasteiger partial charge is 0.494 e. The molecule has 0 atom stereocenters. The molecule has 0 aromatic heterocycles. The number of benzene rings is 2. The van der Waals surface area contributed by atoms with Crippen LogP contribution in [0.2, 0.25) is 0 Å². The molecule has 0 N–H and O–H groups in total. The van der Waals surface area contributed by atoms with Gasteiger partial charge in [-0.2, -0.15) is 0 Å². The lowest BCUT2D eigenvalue weighted by Gasteiger charge is -2.08. The predicted molar refractivity (Wildman–Crippen MR) is 74.3 cm³/mol. The molecule has 0 saturated carbocycles. The summed E-state index contributed by atoms with van der Waals surface area (Å²) in [5.74, 6) is -0.342. The molecule has 0 aliphatic rings. The number of hydrogen-bond donors (Lipinski definition) is 0. The summed E-state index contributed by atoms with van der Waals surface area (Å²) in [5, 5.41) is 0. The van der Waals surface area contributed by atoms with Gasteiger partial charge in [-0.15, -0.1) is 0 Å².